The van der Waals surface area contributed by atoms with Crippen molar-refractivity contribution >= 4 is 17.8 Å². The van der Waals surface area contributed by atoms with Gasteiger partial charge in [0.15, 0.2) is 0 Å². The molecule has 0 spiro atoms. The number of carbonyl (C=O) groups is 3. The van der Waals surface area contributed by atoms with E-state index >= 15 is 0 Å². The predicted molar refractivity (Wildman–Crippen MR) is 61.1 cm³/mol. The highest BCUT2D eigenvalue weighted by Gasteiger charge is 2.15. The molecule has 0 aliphatic heterocycles. The summed E-state index contributed by atoms with van der Waals surface area (Å²) in [5, 5.41) is 12.8. The van der Waals surface area contributed by atoms with E-state index in [4.69, 9.17) is 10.8 Å². The molecule has 2 amide bonds. The van der Waals surface area contributed by atoms with Crippen LogP contribution in [0.15, 0.2) is 0 Å². The number of carboxylic acids is 1. The number of hydrogen-bond acceptors (Lipinski definition) is 4. The summed E-state index contributed by atoms with van der Waals surface area (Å²) in [6.45, 7) is 3.14. The summed E-state index contributed by atoms with van der Waals surface area (Å²) in [6, 6.07) is -0.651. The SMILES string of the molecule is CC(C)C[C@@H](N)C(=O)NCC(=O)NCC(=O)O. The van der Waals surface area contributed by atoms with Gasteiger partial charge in [0.2, 0.25) is 11.8 Å². The van der Waals surface area contributed by atoms with Gasteiger partial charge in [-0.2, -0.15) is 0 Å². The highest BCUT2D eigenvalue weighted by atomic mass is 16.4. The lowest BCUT2D eigenvalue weighted by Crippen LogP contribution is -2.46. The summed E-state index contributed by atoms with van der Waals surface area (Å²) in [4.78, 5) is 32.6. The van der Waals surface area contributed by atoms with Crippen molar-refractivity contribution in [3.63, 3.8) is 0 Å². The third-order valence-corrected chi connectivity index (χ3v) is 1.92. The molecular weight excluding hydrogens is 226 g/mol. The Balaban J connectivity index is 3.83. The molecule has 0 aromatic rings. The number of aliphatic carboxylic acids is 1. The van der Waals surface area contributed by atoms with E-state index in [0.717, 1.165) is 0 Å². The molecule has 0 aliphatic rings. The van der Waals surface area contributed by atoms with Crippen molar-refractivity contribution in [2.75, 3.05) is 13.1 Å². The van der Waals surface area contributed by atoms with Gasteiger partial charge in [0, 0.05) is 0 Å². The Hall–Kier alpha value is -1.63. The van der Waals surface area contributed by atoms with Gasteiger partial charge in [0.1, 0.15) is 6.54 Å². The van der Waals surface area contributed by atoms with Crippen molar-refractivity contribution in [2.45, 2.75) is 26.3 Å². The minimum Gasteiger partial charge on any atom is -0.480 e. The molecule has 5 N–H and O–H groups in total. The summed E-state index contributed by atoms with van der Waals surface area (Å²) in [6.07, 6.45) is 0.530. The second-order valence-corrected chi connectivity index (χ2v) is 4.12. The average molecular weight is 245 g/mol. The predicted octanol–water partition coefficient (Wildman–Crippen LogP) is -1.32. The van der Waals surface area contributed by atoms with Crippen molar-refractivity contribution in [3.05, 3.63) is 0 Å². The average Bonchev–Trinajstić information content (AvgIpc) is 2.21. The summed E-state index contributed by atoms with van der Waals surface area (Å²) in [5.41, 5.74) is 5.59. The van der Waals surface area contributed by atoms with Gasteiger partial charge in [-0.1, -0.05) is 13.8 Å². The van der Waals surface area contributed by atoms with Gasteiger partial charge in [0.05, 0.1) is 12.6 Å². The number of carbonyl (C=O) groups excluding carboxylic acids is 2. The molecule has 0 rings (SSSR count). The summed E-state index contributed by atoms with van der Waals surface area (Å²) in [5.74, 6) is -1.82. The lowest BCUT2D eigenvalue weighted by Gasteiger charge is -2.13. The zero-order valence-electron chi connectivity index (χ0n) is 10.0. The smallest absolute Gasteiger partial charge is 0.322 e. The van der Waals surface area contributed by atoms with Gasteiger partial charge in [-0.3, -0.25) is 14.4 Å². The highest BCUT2D eigenvalue weighted by Crippen LogP contribution is 2.01. The maximum Gasteiger partial charge on any atom is 0.322 e. The second-order valence-electron chi connectivity index (χ2n) is 4.12. The number of nitrogens with one attached hydrogen (secondary N) is 2. The zero-order valence-corrected chi connectivity index (χ0v) is 10.0. The fourth-order valence-electron chi connectivity index (χ4n) is 1.15. The zero-order chi connectivity index (χ0) is 13.4. The van der Waals surface area contributed by atoms with E-state index in [0.29, 0.717) is 6.42 Å². The molecule has 0 unspecified atom stereocenters. The Kier molecular flexibility index (Phi) is 6.88. The lowest BCUT2D eigenvalue weighted by atomic mass is 10.0. The van der Waals surface area contributed by atoms with Crippen molar-refractivity contribution in [1.29, 1.82) is 0 Å². The van der Waals surface area contributed by atoms with E-state index in [-0.39, 0.29) is 12.5 Å². The van der Waals surface area contributed by atoms with Gasteiger partial charge >= 0.3 is 5.97 Å². The van der Waals surface area contributed by atoms with Crippen LogP contribution in [0.1, 0.15) is 20.3 Å². The molecule has 98 valence electrons. The molecule has 0 saturated heterocycles. The van der Waals surface area contributed by atoms with E-state index < -0.39 is 30.4 Å². The minimum atomic E-state index is -1.14. The van der Waals surface area contributed by atoms with Crippen LogP contribution in [0.3, 0.4) is 0 Å². The number of hydrogen-bond donors (Lipinski definition) is 4. The number of amides is 2. The normalized spacial score (nSPS) is 12.0. The Morgan fingerprint density at radius 3 is 2.24 bits per heavy atom. The first-order valence-corrected chi connectivity index (χ1v) is 5.34. The van der Waals surface area contributed by atoms with Crippen molar-refractivity contribution in [3.8, 4) is 0 Å². The molecule has 0 heterocycles. The van der Waals surface area contributed by atoms with E-state index in [2.05, 4.69) is 10.6 Å². The maximum absolute atomic E-state index is 11.4. The van der Waals surface area contributed by atoms with Crippen LogP contribution in [-0.4, -0.2) is 42.0 Å². The monoisotopic (exact) mass is 245 g/mol. The van der Waals surface area contributed by atoms with Crippen LogP contribution in [-0.2, 0) is 14.4 Å². The van der Waals surface area contributed by atoms with E-state index in [1.807, 2.05) is 13.8 Å². The van der Waals surface area contributed by atoms with E-state index in [1.54, 1.807) is 0 Å². The molecule has 17 heavy (non-hydrogen) atoms. The number of rotatable bonds is 7. The van der Waals surface area contributed by atoms with Crippen LogP contribution in [0.4, 0.5) is 0 Å². The van der Waals surface area contributed by atoms with E-state index in [1.165, 1.54) is 0 Å². The van der Waals surface area contributed by atoms with Crippen molar-refractivity contribution in [1.82, 2.24) is 10.6 Å². The van der Waals surface area contributed by atoms with Gasteiger partial charge in [-0.25, -0.2) is 0 Å². The number of nitrogens with two attached hydrogens (primary N) is 1. The fraction of sp³-hybridized carbons (Fsp3) is 0.700. The highest BCUT2D eigenvalue weighted by molar-refractivity contribution is 5.88. The molecule has 7 heteroatoms. The fourth-order valence-corrected chi connectivity index (χ4v) is 1.15. The molecule has 0 saturated carbocycles. The number of carboxylic acid groups (broad SMARTS) is 1. The van der Waals surface area contributed by atoms with Crippen LogP contribution in [0.25, 0.3) is 0 Å². The Morgan fingerprint density at radius 2 is 1.76 bits per heavy atom. The standard InChI is InChI=1S/C10H19N3O4/c1-6(2)3-7(11)10(17)13-4-8(14)12-5-9(15)16/h6-7H,3-5,11H2,1-2H3,(H,12,14)(H,13,17)(H,15,16)/t7-/m1/s1. The maximum atomic E-state index is 11.4. The molecule has 0 bridgehead atoms. The molecular formula is C10H19N3O4. The van der Waals surface area contributed by atoms with Gasteiger partial charge < -0.3 is 21.5 Å². The summed E-state index contributed by atoms with van der Waals surface area (Å²) >= 11 is 0. The topological polar surface area (TPSA) is 122 Å². The summed E-state index contributed by atoms with van der Waals surface area (Å²) < 4.78 is 0. The van der Waals surface area contributed by atoms with Crippen molar-refractivity contribution in [2.24, 2.45) is 11.7 Å². The molecule has 0 aromatic heterocycles. The van der Waals surface area contributed by atoms with Gasteiger partial charge in [-0.05, 0) is 12.3 Å². The summed E-state index contributed by atoms with van der Waals surface area (Å²) in [7, 11) is 0. The van der Waals surface area contributed by atoms with Gasteiger partial charge in [0.25, 0.3) is 0 Å². The molecule has 0 fully saturated rings. The quantitative estimate of drug-likeness (QED) is 0.443. The molecule has 0 aliphatic carbocycles. The molecule has 0 aromatic carbocycles. The molecule has 7 nitrogen and oxygen atoms in total. The lowest BCUT2D eigenvalue weighted by molar-refractivity contribution is -0.137. The van der Waals surface area contributed by atoms with Gasteiger partial charge in [-0.15, -0.1) is 0 Å². The minimum absolute atomic E-state index is 0.266. The molecule has 0 radical (unpaired) electrons. The first kappa shape index (κ1) is 15.4. The Labute approximate surface area is 99.7 Å². The van der Waals surface area contributed by atoms with Crippen LogP contribution >= 0.6 is 0 Å². The van der Waals surface area contributed by atoms with Crippen molar-refractivity contribution < 1.29 is 19.5 Å². The Bertz CT molecular complexity index is 291. The third-order valence-electron chi connectivity index (χ3n) is 1.92. The largest absolute Gasteiger partial charge is 0.480 e. The van der Waals surface area contributed by atoms with E-state index in [9.17, 15) is 14.4 Å². The molecule has 1 atom stereocenters. The second kappa shape index (κ2) is 7.61. The van der Waals surface area contributed by atoms with Crippen LogP contribution in [0, 0.1) is 5.92 Å². The van der Waals surface area contributed by atoms with Crippen LogP contribution in [0.5, 0.6) is 0 Å². The first-order chi connectivity index (χ1) is 7.82. The van der Waals surface area contributed by atoms with Crippen LogP contribution < -0.4 is 16.4 Å². The third kappa shape index (κ3) is 8.21. The van der Waals surface area contributed by atoms with Crippen LogP contribution in [0.2, 0.25) is 0 Å². The Morgan fingerprint density at radius 1 is 1.18 bits per heavy atom. The first-order valence-electron chi connectivity index (χ1n) is 5.34.